The molecule has 0 saturated heterocycles. The van der Waals surface area contributed by atoms with Crippen LogP contribution in [0.25, 0.3) is 0 Å². The summed E-state index contributed by atoms with van der Waals surface area (Å²) in [6.45, 7) is 3.91. The van der Waals surface area contributed by atoms with Crippen LogP contribution in [0, 0.1) is 6.92 Å². The molecule has 162 valence electrons. The van der Waals surface area contributed by atoms with E-state index in [0.717, 1.165) is 11.1 Å². The molecule has 3 aromatic carbocycles. The molecule has 0 spiro atoms. The minimum atomic E-state index is -3.65. The first-order valence-electron chi connectivity index (χ1n) is 9.90. The Labute approximate surface area is 183 Å². The van der Waals surface area contributed by atoms with Crippen molar-refractivity contribution in [2.45, 2.75) is 31.4 Å². The van der Waals surface area contributed by atoms with Crippen LogP contribution in [0.5, 0.6) is 5.75 Å². The fourth-order valence-corrected chi connectivity index (χ4v) is 4.09. The van der Waals surface area contributed by atoms with E-state index in [2.05, 4.69) is 5.32 Å². The molecule has 0 heterocycles. The van der Waals surface area contributed by atoms with E-state index in [9.17, 15) is 13.2 Å². The zero-order valence-electron chi connectivity index (χ0n) is 17.8. The van der Waals surface area contributed by atoms with Gasteiger partial charge in [-0.3, -0.25) is 4.79 Å². The molecule has 0 saturated carbocycles. The van der Waals surface area contributed by atoms with Crippen LogP contribution in [0.15, 0.2) is 83.8 Å². The predicted molar refractivity (Wildman–Crippen MR) is 121 cm³/mol. The van der Waals surface area contributed by atoms with Crippen LogP contribution >= 0.6 is 0 Å². The lowest BCUT2D eigenvalue weighted by Gasteiger charge is -2.18. The third kappa shape index (κ3) is 5.93. The highest BCUT2D eigenvalue weighted by Crippen LogP contribution is 2.20. The monoisotopic (exact) mass is 438 g/mol. The van der Waals surface area contributed by atoms with E-state index in [1.165, 1.54) is 16.4 Å². The number of hydrogen-bond acceptors (Lipinski definition) is 4. The summed E-state index contributed by atoms with van der Waals surface area (Å²) < 4.78 is 32.6. The Bertz CT molecular complexity index is 1110. The molecule has 31 heavy (non-hydrogen) atoms. The number of amides is 1. The van der Waals surface area contributed by atoms with Gasteiger partial charge in [0, 0.05) is 19.3 Å². The van der Waals surface area contributed by atoms with Crippen LogP contribution < -0.4 is 10.1 Å². The molecular formula is C24H26N2O4S. The van der Waals surface area contributed by atoms with Gasteiger partial charge >= 0.3 is 0 Å². The molecule has 7 heteroatoms. The van der Waals surface area contributed by atoms with E-state index >= 15 is 0 Å². The minimum absolute atomic E-state index is 0.160. The van der Waals surface area contributed by atoms with E-state index in [4.69, 9.17) is 4.74 Å². The van der Waals surface area contributed by atoms with Gasteiger partial charge in [0.1, 0.15) is 5.75 Å². The van der Waals surface area contributed by atoms with Crippen LogP contribution in [-0.4, -0.2) is 31.8 Å². The van der Waals surface area contributed by atoms with Crippen molar-refractivity contribution in [3.8, 4) is 5.75 Å². The van der Waals surface area contributed by atoms with Gasteiger partial charge in [-0.05, 0) is 55.8 Å². The molecular weight excluding hydrogens is 412 g/mol. The summed E-state index contributed by atoms with van der Waals surface area (Å²) in [7, 11) is -2.10. The summed E-state index contributed by atoms with van der Waals surface area (Å²) in [5, 5.41) is 2.75. The highest BCUT2D eigenvalue weighted by atomic mass is 32.2. The van der Waals surface area contributed by atoms with E-state index in [1.54, 1.807) is 26.1 Å². The molecule has 0 aromatic heterocycles. The van der Waals surface area contributed by atoms with Crippen molar-refractivity contribution in [3.05, 3.63) is 90.0 Å². The molecule has 1 atom stereocenters. The lowest BCUT2D eigenvalue weighted by atomic mass is 10.2. The average Bonchev–Trinajstić information content (AvgIpc) is 2.76. The minimum Gasteiger partial charge on any atom is -0.481 e. The van der Waals surface area contributed by atoms with Crippen LogP contribution in [0.2, 0.25) is 0 Å². The number of sulfonamides is 1. The lowest BCUT2D eigenvalue weighted by molar-refractivity contribution is -0.122. The molecule has 3 rings (SSSR count). The van der Waals surface area contributed by atoms with Gasteiger partial charge in [0.15, 0.2) is 6.10 Å². The Kier molecular flexibility index (Phi) is 7.09. The first kappa shape index (κ1) is 22.5. The maximum absolute atomic E-state index is 12.8. The Morgan fingerprint density at radius 1 is 0.968 bits per heavy atom. The number of aryl methyl sites for hydroxylation is 1. The maximum atomic E-state index is 12.8. The second kappa shape index (κ2) is 9.76. The molecule has 0 fully saturated rings. The van der Waals surface area contributed by atoms with Gasteiger partial charge in [-0.15, -0.1) is 0 Å². The fourth-order valence-electron chi connectivity index (χ4n) is 2.93. The zero-order valence-corrected chi connectivity index (χ0v) is 18.6. The highest BCUT2D eigenvalue weighted by molar-refractivity contribution is 7.89. The van der Waals surface area contributed by atoms with E-state index in [0.29, 0.717) is 11.4 Å². The van der Waals surface area contributed by atoms with Crippen LogP contribution in [0.3, 0.4) is 0 Å². The topological polar surface area (TPSA) is 75.7 Å². The Morgan fingerprint density at radius 3 is 2.19 bits per heavy atom. The Balaban J connectivity index is 1.62. The number of nitrogens with one attached hydrogen (secondary N) is 1. The van der Waals surface area contributed by atoms with Gasteiger partial charge in [0.05, 0.1) is 4.90 Å². The summed E-state index contributed by atoms with van der Waals surface area (Å²) in [4.78, 5) is 12.6. The quantitative estimate of drug-likeness (QED) is 0.571. The number of anilines is 1. The van der Waals surface area contributed by atoms with Crippen molar-refractivity contribution in [3.63, 3.8) is 0 Å². The van der Waals surface area contributed by atoms with Crippen LogP contribution in [0.4, 0.5) is 5.69 Å². The zero-order chi connectivity index (χ0) is 22.4. The first-order chi connectivity index (χ1) is 14.8. The highest BCUT2D eigenvalue weighted by Gasteiger charge is 2.21. The van der Waals surface area contributed by atoms with E-state index < -0.39 is 16.1 Å². The van der Waals surface area contributed by atoms with Gasteiger partial charge in [-0.25, -0.2) is 8.42 Å². The van der Waals surface area contributed by atoms with Crippen molar-refractivity contribution < 1.29 is 17.9 Å². The van der Waals surface area contributed by atoms with E-state index in [1.807, 2.05) is 61.5 Å². The summed E-state index contributed by atoms with van der Waals surface area (Å²) in [6.07, 6.45) is -0.705. The Morgan fingerprint density at radius 2 is 1.58 bits per heavy atom. The number of ether oxygens (including phenoxy) is 1. The number of carbonyl (C=O) groups is 1. The van der Waals surface area contributed by atoms with Crippen molar-refractivity contribution in [1.29, 1.82) is 0 Å². The predicted octanol–water partition coefficient (Wildman–Crippen LogP) is 4.22. The number of rotatable bonds is 8. The molecule has 0 radical (unpaired) electrons. The Hall–Kier alpha value is -3.16. The van der Waals surface area contributed by atoms with Crippen molar-refractivity contribution in [2.24, 2.45) is 0 Å². The fraction of sp³-hybridized carbons (Fsp3) is 0.208. The van der Waals surface area contributed by atoms with Crippen molar-refractivity contribution in [1.82, 2.24) is 4.31 Å². The largest absolute Gasteiger partial charge is 0.481 e. The van der Waals surface area contributed by atoms with E-state index in [-0.39, 0.29) is 17.3 Å². The molecule has 0 unspecified atom stereocenters. The smallest absolute Gasteiger partial charge is 0.265 e. The first-order valence-corrected chi connectivity index (χ1v) is 11.3. The van der Waals surface area contributed by atoms with Crippen LogP contribution in [-0.2, 0) is 21.4 Å². The van der Waals surface area contributed by atoms with Crippen molar-refractivity contribution >= 4 is 21.6 Å². The molecule has 0 aliphatic heterocycles. The molecule has 0 bridgehead atoms. The maximum Gasteiger partial charge on any atom is 0.265 e. The second-order valence-electron chi connectivity index (χ2n) is 7.33. The van der Waals surface area contributed by atoms with Gasteiger partial charge < -0.3 is 10.1 Å². The summed E-state index contributed by atoms with van der Waals surface area (Å²) >= 11 is 0. The van der Waals surface area contributed by atoms with Crippen molar-refractivity contribution in [2.75, 3.05) is 12.4 Å². The molecule has 1 amide bonds. The van der Waals surface area contributed by atoms with Gasteiger partial charge in [0.25, 0.3) is 5.91 Å². The normalized spacial score (nSPS) is 12.4. The molecule has 6 nitrogen and oxygen atoms in total. The SMILES string of the molecule is Cc1ccc(O[C@H](C)C(=O)Nc2ccc(S(=O)(=O)N(C)Cc3ccccc3)cc2)cc1. The molecule has 0 aliphatic carbocycles. The lowest BCUT2D eigenvalue weighted by Crippen LogP contribution is -2.30. The second-order valence-corrected chi connectivity index (χ2v) is 9.38. The third-order valence-electron chi connectivity index (χ3n) is 4.78. The average molecular weight is 439 g/mol. The number of hydrogen-bond donors (Lipinski definition) is 1. The third-order valence-corrected chi connectivity index (χ3v) is 6.60. The van der Waals surface area contributed by atoms with Crippen LogP contribution in [0.1, 0.15) is 18.1 Å². The molecule has 3 aromatic rings. The standard InChI is InChI=1S/C24H26N2O4S/c1-18-9-13-22(14-10-18)30-19(2)24(27)25-21-11-15-23(16-12-21)31(28,29)26(3)17-20-7-5-4-6-8-20/h4-16,19H,17H2,1-3H3,(H,25,27)/t19-/m1/s1. The number of carbonyl (C=O) groups excluding carboxylic acids is 1. The summed E-state index contributed by atoms with van der Waals surface area (Å²) in [5.41, 5.74) is 2.50. The summed E-state index contributed by atoms with van der Waals surface area (Å²) in [6, 6.07) is 22.9. The molecule has 0 aliphatic rings. The van der Waals surface area contributed by atoms with Gasteiger partial charge in [-0.1, -0.05) is 48.0 Å². The van der Waals surface area contributed by atoms with Gasteiger partial charge in [-0.2, -0.15) is 4.31 Å². The number of nitrogens with zero attached hydrogens (tertiary/aromatic N) is 1. The number of benzene rings is 3. The van der Waals surface area contributed by atoms with Gasteiger partial charge in [0.2, 0.25) is 10.0 Å². The molecule has 1 N–H and O–H groups in total. The summed E-state index contributed by atoms with van der Waals surface area (Å²) in [5.74, 6) is 0.286.